The van der Waals surface area contributed by atoms with Crippen LogP contribution >= 0.6 is 0 Å². The standard InChI is InChI=1S/C20H19N5O2/c26-19-8-4-7-18-15-9-14(11-24(18)19)10-23(12-15)20(27)17-13-25(22-21-17)16-5-2-1-3-6-16/h1-8,13-15H,9-12H2/t14-,15+/m0/s1. The minimum absolute atomic E-state index is 0.0489. The van der Waals surface area contributed by atoms with Gasteiger partial charge in [0.2, 0.25) is 0 Å². The van der Waals surface area contributed by atoms with Crippen molar-refractivity contribution in [3.63, 3.8) is 0 Å². The molecule has 7 heteroatoms. The molecule has 0 N–H and O–H groups in total. The fraction of sp³-hybridized carbons (Fsp3) is 0.300. The van der Waals surface area contributed by atoms with Gasteiger partial charge in [-0.15, -0.1) is 5.10 Å². The van der Waals surface area contributed by atoms with Gasteiger partial charge in [0, 0.05) is 37.3 Å². The van der Waals surface area contributed by atoms with Crippen molar-refractivity contribution in [3.05, 3.63) is 76.5 Å². The van der Waals surface area contributed by atoms with Gasteiger partial charge in [-0.2, -0.15) is 0 Å². The van der Waals surface area contributed by atoms with E-state index in [-0.39, 0.29) is 17.4 Å². The molecule has 7 nitrogen and oxygen atoms in total. The van der Waals surface area contributed by atoms with Gasteiger partial charge < -0.3 is 9.47 Å². The fourth-order valence-corrected chi connectivity index (χ4v) is 4.29. The Hall–Kier alpha value is -3.22. The smallest absolute Gasteiger partial charge is 0.276 e. The number of rotatable bonds is 2. The first-order chi connectivity index (χ1) is 13.2. The highest BCUT2D eigenvalue weighted by Crippen LogP contribution is 2.35. The van der Waals surface area contributed by atoms with E-state index in [1.165, 1.54) is 0 Å². The fourth-order valence-electron chi connectivity index (χ4n) is 4.29. The Balaban J connectivity index is 1.40. The van der Waals surface area contributed by atoms with Gasteiger partial charge in [0.15, 0.2) is 5.69 Å². The molecule has 2 atom stereocenters. The molecule has 5 rings (SSSR count). The molecular weight excluding hydrogens is 342 g/mol. The molecule has 0 spiro atoms. The predicted octanol–water partition coefficient (Wildman–Crippen LogP) is 1.69. The zero-order valence-electron chi connectivity index (χ0n) is 14.7. The number of para-hydroxylation sites is 1. The number of hydrogen-bond acceptors (Lipinski definition) is 4. The monoisotopic (exact) mass is 361 g/mol. The SMILES string of the molecule is O=C(c1cn(-c2ccccc2)nn1)N1C[C@@H]2C[C@H](C1)c1cccc(=O)n1C2. The average molecular weight is 361 g/mol. The lowest BCUT2D eigenvalue weighted by Gasteiger charge is -2.42. The number of likely N-dealkylation sites (tertiary alicyclic amines) is 1. The van der Waals surface area contributed by atoms with Crippen LogP contribution in [0.2, 0.25) is 0 Å². The van der Waals surface area contributed by atoms with Crippen molar-refractivity contribution in [2.24, 2.45) is 5.92 Å². The van der Waals surface area contributed by atoms with Gasteiger partial charge in [0.25, 0.3) is 11.5 Å². The molecule has 1 fully saturated rings. The van der Waals surface area contributed by atoms with Crippen molar-refractivity contribution in [1.82, 2.24) is 24.5 Å². The Morgan fingerprint density at radius 2 is 1.85 bits per heavy atom. The van der Waals surface area contributed by atoms with Crippen LogP contribution in [0.5, 0.6) is 0 Å². The second kappa shape index (κ2) is 6.19. The molecule has 1 amide bonds. The molecule has 2 aliphatic rings. The second-order valence-electron chi connectivity index (χ2n) is 7.29. The van der Waals surface area contributed by atoms with Crippen LogP contribution in [0.1, 0.15) is 28.5 Å². The third kappa shape index (κ3) is 2.75. The minimum atomic E-state index is -0.0985. The van der Waals surface area contributed by atoms with Crippen LogP contribution in [0.3, 0.4) is 0 Å². The summed E-state index contributed by atoms with van der Waals surface area (Å²) < 4.78 is 3.49. The van der Waals surface area contributed by atoms with Crippen molar-refractivity contribution < 1.29 is 4.79 Å². The van der Waals surface area contributed by atoms with E-state index in [0.29, 0.717) is 31.2 Å². The van der Waals surface area contributed by atoms with E-state index in [1.54, 1.807) is 23.0 Å². The highest BCUT2D eigenvalue weighted by atomic mass is 16.2. The summed E-state index contributed by atoms with van der Waals surface area (Å²) >= 11 is 0. The minimum Gasteiger partial charge on any atom is -0.336 e. The third-order valence-corrected chi connectivity index (χ3v) is 5.50. The molecule has 27 heavy (non-hydrogen) atoms. The molecule has 0 radical (unpaired) electrons. The summed E-state index contributed by atoms with van der Waals surface area (Å²) in [5, 5.41) is 8.18. The zero-order chi connectivity index (χ0) is 18.4. The van der Waals surface area contributed by atoms with Crippen molar-refractivity contribution in [1.29, 1.82) is 0 Å². The molecule has 136 valence electrons. The first-order valence-corrected chi connectivity index (χ1v) is 9.16. The van der Waals surface area contributed by atoms with E-state index in [4.69, 9.17) is 0 Å². The number of carbonyl (C=O) groups excluding carboxylic acids is 1. The molecule has 0 saturated carbocycles. The van der Waals surface area contributed by atoms with E-state index < -0.39 is 0 Å². The molecule has 2 bridgehead atoms. The Kier molecular flexibility index (Phi) is 3.67. The summed E-state index contributed by atoms with van der Waals surface area (Å²) in [5.41, 5.74) is 2.30. The lowest BCUT2D eigenvalue weighted by molar-refractivity contribution is 0.0588. The van der Waals surface area contributed by atoms with E-state index in [1.807, 2.05) is 45.9 Å². The maximum Gasteiger partial charge on any atom is 0.276 e. The third-order valence-electron chi connectivity index (χ3n) is 5.50. The largest absolute Gasteiger partial charge is 0.336 e. The number of carbonyl (C=O) groups is 1. The van der Waals surface area contributed by atoms with Gasteiger partial charge in [-0.05, 0) is 30.5 Å². The Bertz CT molecular complexity index is 1060. The van der Waals surface area contributed by atoms with Crippen LogP contribution in [-0.4, -0.2) is 43.5 Å². The molecule has 4 heterocycles. The topological polar surface area (TPSA) is 73.0 Å². The first-order valence-electron chi connectivity index (χ1n) is 9.16. The van der Waals surface area contributed by atoms with Crippen LogP contribution in [-0.2, 0) is 6.54 Å². The molecule has 0 aliphatic carbocycles. The van der Waals surface area contributed by atoms with Crippen LogP contribution in [0.15, 0.2) is 59.5 Å². The van der Waals surface area contributed by atoms with E-state index >= 15 is 0 Å². The average Bonchev–Trinajstić information content (AvgIpc) is 3.19. The summed E-state index contributed by atoms with van der Waals surface area (Å²) in [4.78, 5) is 27.0. The molecule has 1 aromatic carbocycles. The Labute approximate surface area is 155 Å². The highest BCUT2D eigenvalue weighted by molar-refractivity contribution is 5.92. The summed E-state index contributed by atoms with van der Waals surface area (Å²) in [7, 11) is 0. The Morgan fingerprint density at radius 3 is 2.70 bits per heavy atom. The maximum atomic E-state index is 13.0. The normalized spacial score (nSPS) is 21.0. The number of hydrogen-bond donors (Lipinski definition) is 0. The van der Waals surface area contributed by atoms with E-state index in [2.05, 4.69) is 10.3 Å². The molecule has 0 unspecified atom stereocenters. The van der Waals surface area contributed by atoms with Crippen LogP contribution in [0.25, 0.3) is 5.69 Å². The molecular formula is C20H19N5O2. The van der Waals surface area contributed by atoms with Crippen molar-refractivity contribution in [3.8, 4) is 5.69 Å². The molecule has 2 aromatic heterocycles. The van der Waals surface area contributed by atoms with E-state index in [0.717, 1.165) is 17.8 Å². The number of aromatic nitrogens is 4. The predicted molar refractivity (Wildman–Crippen MR) is 98.8 cm³/mol. The summed E-state index contributed by atoms with van der Waals surface area (Å²) in [6.07, 6.45) is 2.70. The van der Waals surface area contributed by atoms with E-state index in [9.17, 15) is 9.59 Å². The second-order valence-corrected chi connectivity index (χ2v) is 7.29. The number of nitrogens with zero attached hydrogens (tertiary/aromatic N) is 5. The molecule has 1 saturated heterocycles. The van der Waals surface area contributed by atoms with Gasteiger partial charge in [-0.25, -0.2) is 4.68 Å². The maximum absolute atomic E-state index is 13.0. The quantitative estimate of drug-likeness (QED) is 0.696. The van der Waals surface area contributed by atoms with Crippen molar-refractivity contribution in [2.75, 3.05) is 13.1 Å². The van der Waals surface area contributed by atoms with Crippen molar-refractivity contribution in [2.45, 2.75) is 18.9 Å². The van der Waals surface area contributed by atoms with Crippen LogP contribution < -0.4 is 5.56 Å². The lowest BCUT2D eigenvalue weighted by atomic mass is 9.83. The summed E-state index contributed by atoms with van der Waals surface area (Å²) in [5.74, 6) is 0.391. The molecule has 2 aliphatic heterocycles. The Morgan fingerprint density at radius 1 is 1.00 bits per heavy atom. The zero-order valence-corrected chi connectivity index (χ0v) is 14.7. The number of pyridine rings is 1. The van der Waals surface area contributed by atoms with Gasteiger partial charge in [-0.1, -0.05) is 29.5 Å². The highest BCUT2D eigenvalue weighted by Gasteiger charge is 2.37. The summed E-state index contributed by atoms with van der Waals surface area (Å²) in [6, 6.07) is 15.0. The van der Waals surface area contributed by atoms with Gasteiger partial charge in [-0.3, -0.25) is 9.59 Å². The van der Waals surface area contributed by atoms with Crippen LogP contribution in [0.4, 0.5) is 0 Å². The molecule has 3 aromatic rings. The summed E-state index contributed by atoms with van der Waals surface area (Å²) in [6.45, 7) is 1.93. The van der Waals surface area contributed by atoms with Gasteiger partial charge in [0.05, 0.1) is 11.9 Å². The number of benzene rings is 1. The van der Waals surface area contributed by atoms with Gasteiger partial charge in [0.1, 0.15) is 0 Å². The number of fused-ring (bicyclic) bond motifs is 4. The van der Waals surface area contributed by atoms with Crippen molar-refractivity contribution >= 4 is 5.91 Å². The first kappa shape index (κ1) is 16.0. The number of amides is 1. The lowest BCUT2D eigenvalue weighted by Crippen LogP contribution is -2.49. The number of piperidine rings is 1. The van der Waals surface area contributed by atoms with Gasteiger partial charge >= 0.3 is 0 Å². The van der Waals surface area contributed by atoms with Crippen LogP contribution in [0, 0.1) is 5.92 Å².